The van der Waals surface area contributed by atoms with Gasteiger partial charge >= 0.3 is 5.97 Å². The number of nitrogens with zero attached hydrogens (tertiary/aromatic N) is 2. The number of hydrogen-bond donors (Lipinski definition) is 1. The number of hydrogen-bond acceptors (Lipinski definition) is 4. The molecule has 0 aliphatic carbocycles. The number of ether oxygens (including phenoxy) is 1. The molecule has 0 unspecified atom stereocenters. The summed E-state index contributed by atoms with van der Waals surface area (Å²) < 4.78 is 19.2. The Morgan fingerprint density at radius 2 is 2.04 bits per heavy atom. The zero-order chi connectivity index (χ0) is 16.6. The van der Waals surface area contributed by atoms with E-state index in [4.69, 9.17) is 4.74 Å². The molecule has 0 bridgehead atoms. The van der Waals surface area contributed by atoms with Crippen LogP contribution in [0.25, 0.3) is 0 Å². The molecule has 6 nitrogen and oxygen atoms in total. The first kappa shape index (κ1) is 15.9. The number of carbonyl (C=O) groups is 2. The average Bonchev–Trinajstić information content (AvgIpc) is 2.89. The summed E-state index contributed by atoms with van der Waals surface area (Å²) in [4.78, 5) is 27.8. The van der Waals surface area contributed by atoms with E-state index in [1.165, 1.54) is 23.1 Å². The molecule has 2 heterocycles. The lowest BCUT2D eigenvalue weighted by Crippen LogP contribution is -2.57. The van der Waals surface area contributed by atoms with E-state index in [2.05, 4.69) is 4.90 Å². The van der Waals surface area contributed by atoms with Crippen LogP contribution in [-0.2, 0) is 9.53 Å². The summed E-state index contributed by atoms with van der Waals surface area (Å²) in [7, 11) is 1.97. The summed E-state index contributed by atoms with van der Waals surface area (Å²) in [6.07, 6.45) is 1.07. The van der Waals surface area contributed by atoms with E-state index in [0.717, 1.165) is 6.07 Å². The summed E-state index contributed by atoms with van der Waals surface area (Å²) >= 11 is 0. The van der Waals surface area contributed by atoms with Crippen molar-refractivity contribution in [3.63, 3.8) is 0 Å². The van der Waals surface area contributed by atoms with Gasteiger partial charge in [-0.25, -0.2) is 9.18 Å². The van der Waals surface area contributed by atoms with Gasteiger partial charge in [0, 0.05) is 31.5 Å². The van der Waals surface area contributed by atoms with Crippen LogP contribution in [0.1, 0.15) is 23.2 Å². The molecule has 7 heteroatoms. The van der Waals surface area contributed by atoms with Gasteiger partial charge < -0.3 is 14.7 Å². The highest BCUT2D eigenvalue weighted by Crippen LogP contribution is 2.38. The molecule has 0 radical (unpaired) electrons. The zero-order valence-corrected chi connectivity index (χ0v) is 12.9. The van der Waals surface area contributed by atoms with E-state index < -0.39 is 29.5 Å². The molecule has 2 aliphatic rings. The van der Waals surface area contributed by atoms with E-state index in [-0.39, 0.29) is 12.2 Å². The molecule has 1 atom stereocenters. The van der Waals surface area contributed by atoms with E-state index in [1.54, 1.807) is 0 Å². The van der Waals surface area contributed by atoms with Crippen molar-refractivity contribution in [1.29, 1.82) is 0 Å². The van der Waals surface area contributed by atoms with Gasteiger partial charge in [-0.3, -0.25) is 9.69 Å². The highest BCUT2D eigenvalue weighted by atomic mass is 19.1. The number of carboxylic acids is 1. The molecule has 2 aliphatic heterocycles. The predicted molar refractivity (Wildman–Crippen MR) is 79.4 cm³/mol. The molecule has 1 aromatic rings. The zero-order valence-electron chi connectivity index (χ0n) is 12.9. The normalized spacial score (nSPS) is 24.1. The summed E-state index contributed by atoms with van der Waals surface area (Å²) in [6.45, 7) is 1.37. The Bertz CT molecular complexity index is 628. The van der Waals surface area contributed by atoms with Crippen LogP contribution >= 0.6 is 0 Å². The Morgan fingerprint density at radius 3 is 2.65 bits per heavy atom. The minimum atomic E-state index is -1.11. The minimum absolute atomic E-state index is 0.0416. The molecule has 0 saturated carbocycles. The average molecular weight is 322 g/mol. The number of aliphatic carboxylic acids is 1. The van der Waals surface area contributed by atoms with Gasteiger partial charge in [0.05, 0.1) is 6.61 Å². The summed E-state index contributed by atoms with van der Waals surface area (Å²) in [6, 6.07) is 4.26. The number of carboxylic acid groups (broad SMARTS) is 1. The summed E-state index contributed by atoms with van der Waals surface area (Å²) in [5, 5.41) is 9.44. The Balaban J connectivity index is 1.96. The van der Waals surface area contributed by atoms with Crippen molar-refractivity contribution >= 4 is 11.9 Å². The van der Waals surface area contributed by atoms with Crippen LogP contribution in [0.5, 0.6) is 0 Å². The van der Waals surface area contributed by atoms with E-state index in [0.29, 0.717) is 25.9 Å². The topological polar surface area (TPSA) is 70.1 Å². The van der Waals surface area contributed by atoms with Crippen LogP contribution in [0.4, 0.5) is 4.39 Å². The molecule has 1 amide bonds. The van der Waals surface area contributed by atoms with Gasteiger partial charge in [-0.1, -0.05) is 6.07 Å². The molecule has 2 saturated heterocycles. The fourth-order valence-corrected chi connectivity index (χ4v) is 3.28. The standard InChI is InChI=1S/C16H19FN2O4/c1-18-7-5-16(6-8-18)19(13(10-23-16)15(21)22)14(20)11-3-2-4-12(17)9-11/h2-4,9,13H,5-8,10H2,1H3,(H,21,22)/t13-/m0/s1. The third-order valence-corrected chi connectivity index (χ3v) is 4.60. The van der Waals surface area contributed by atoms with E-state index in [1.807, 2.05) is 7.05 Å². The molecule has 3 rings (SSSR count). The first-order chi connectivity index (χ1) is 10.9. The number of carbonyl (C=O) groups excluding carboxylic acids is 1. The van der Waals surface area contributed by atoms with E-state index >= 15 is 0 Å². The van der Waals surface area contributed by atoms with Gasteiger partial charge in [-0.2, -0.15) is 0 Å². The molecule has 0 aromatic heterocycles. The fourth-order valence-electron chi connectivity index (χ4n) is 3.28. The number of amides is 1. The first-order valence-corrected chi connectivity index (χ1v) is 7.57. The van der Waals surface area contributed by atoms with Crippen LogP contribution < -0.4 is 0 Å². The van der Waals surface area contributed by atoms with Crippen molar-refractivity contribution in [3.05, 3.63) is 35.6 Å². The fraction of sp³-hybridized carbons (Fsp3) is 0.500. The second-order valence-corrected chi connectivity index (χ2v) is 6.10. The van der Waals surface area contributed by atoms with Crippen LogP contribution in [0.2, 0.25) is 0 Å². The van der Waals surface area contributed by atoms with Crippen molar-refractivity contribution in [3.8, 4) is 0 Å². The number of benzene rings is 1. The summed E-state index contributed by atoms with van der Waals surface area (Å²) in [5.41, 5.74) is -0.779. The van der Waals surface area contributed by atoms with Gasteiger partial charge in [-0.15, -0.1) is 0 Å². The third kappa shape index (κ3) is 2.82. The van der Waals surface area contributed by atoms with Crippen molar-refractivity contribution in [2.45, 2.75) is 24.6 Å². The van der Waals surface area contributed by atoms with E-state index in [9.17, 15) is 19.1 Å². The van der Waals surface area contributed by atoms with Crippen LogP contribution in [-0.4, -0.2) is 65.3 Å². The number of halogens is 1. The lowest BCUT2D eigenvalue weighted by molar-refractivity contribution is -0.143. The lowest BCUT2D eigenvalue weighted by atomic mass is 9.97. The maximum atomic E-state index is 13.4. The van der Waals surface area contributed by atoms with Gasteiger partial charge in [-0.05, 0) is 25.2 Å². The quantitative estimate of drug-likeness (QED) is 0.885. The number of likely N-dealkylation sites (tertiary alicyclic amines) is 1. The minimum Gasteiger partial charge on any atom is -0.480 e. The number of piperidine rings is 1. The molecular formula is C16H19FN2O4. The third-order valence-electron chi connectivity index (χ3n) is 4.60. The van der Waals surface area contributed by atoms with Gasteiger partial charge in [0.25, 0.3) is 5.91 Å². The van der Waals surface area contributed by atoms with Crippen molar-refractivity contribution in [2.75, 3.05) is 26.7 Å². The highest BCUT2D eigenvalue weighted by Gasteiger charge is 2.53. The van der Waals surface area contributed by atoms with Crippen LogP contribution in [0, 0.1) is 5.82 Å². The van der Waals surface area contributed by atoms with Gasteiger partial charge in [0.15, 0.2) is 6.04 Å². The monoisotopic (exact) mass is 322 g/mol. The SMILES string of the molecule is CN1CCC2(CC1)OC[C@@H](C(=O)O)N2C(=O)c1cccc(F)c1. The molecule has 23 heavy (non-hydrogen) atoms. The van der Waals surface area contributed by atoms with Crippen molar-refractivity contribution in [1.82, 2.24) is 9.80 Å². The molecule has 1 N–H and O–H groups in total. The maximum Gasteiger partial charge on any atom is 0.328 e. The molecule has 2 fully saturated rings. The first-order valence-electron chi connectivity index (χ1n) is 7.57. The predicted octanol–water partition coefficient (Wildman–Crippen LogP) is 1.17. The van der Waals surface area contributed by atoms with Crippen molar-refractivity contribution in [2.24, 2.45) is 0 Å². The Kier molecular flexibility index (Phi) is 4.08. The molecular weight excluding hydrogens is 303 g/mol. The highest BCUT2D eigenvalue weighted by molar-refractivity contribution is 5.97. The summed E-state index contributed by atoms with van der Waals surface area (Å²) in [5.74, 6) is -2.13. The molecule has 1 aromatic carbocycles. The van der Waals surface area contributed by atoms with Gasteiger partial charge in [0.1, 0.15) is 11.5 Å². The van der Waals surface area contributed by atoms with Gasteiger partial charge in [0.2, 0.25) is 0 Å². The molecule has 1 spiro atoms. The van der Waals surface area contributed by atoms with Crippen LogP contribution in [0.3, 0.4) is 0 Å². The van der Waals surface area contributed by atoms with Crippen LogP contribution in [0.15, 0.2) is 24.3 Å². The Morgan fingerprint density at radius 1 is 1.35 bits per heavy atom. The van der Waals surface area contributed by atoms with Crippen molar-refractivity contribution < 1.29 is 23.8 Å². The second-order valence-electron chi connectivity index (χ2n) is 6.10. The maximum absolute atomic E-state index is 13.4. The Labute approximate surface area is 133 Å². The molecule has 124 valence electrons. The lowest BCUT2D eigenvalue weighted by Gasteiger charge is -2.43. The second kappa shape index (κ2) is 5.90. The largest absolute Gasteiger partial charge is 0.480 e. The Hall–Kier alpha value is -1.99. The number of rotatable bonds is 2. The smallest absolute Gasteiger partial charge is 0.328 e.